The number of benzene rings is 5. The minimum absolute atomic E-state index is 0.575. The Balaban J connectivity index is 1.37. The standard InChI is InChI=1S/C34H19N5S/c1-2-8-21-18-28-26(17-20(21)7-1)23-9-3-5-11-27(23)39(28)34-31-33(36-16-15-35-31)37-32(38-34)22-13-14-25-24-10-4-6-12-29(24)40-30(25)19-22/h1-19H. The highest BCUT2D eigenvalue weighted by Crippen LogP contribution is 2.38. The normalized spacial score (nSPS) is 12.0. The van der Waals surface area contributed by atoms with Gasteiger partial charge in [-0.05, 0) is 41.1 Å². The lowest BCUT2D eigenvalue weighted by molar-refractivity contribution is 1.05. The summed E-state index contributed by atoms with van der Waals surface area (Å²) in [6, 6.07) is 36.5. The van der Waals surface area contributed by atoms with Crippen molar-refractivity contribution >= 4 is 75.3 Å². The molecule has 5 nitrogen and oxygen atoms in total. The Morgan fingerprint density at radius 1 is 0.550 bits per heavy atom. The van der Waals surface area contributed by atoms with E-state index in [0.29, 0.717) is 17.0 Å². The summed E-state index contributed by atoms with van der Waals surface area (Å²) in [4.78, 5) is 19.4. The molecular formula is C34H19N5S. The number of nitrogens with zero attached hydrogens (tertiary/aromatic N) is 5. The lowest BCUT2D eigenvalue weighted by atomic mass is 10.1. The first kappa shape index (κ1) is 21.7. The molecule has 5 aromatic carbocycles. The Bertz CT molecular complexity index is 2450. The molecule has 0 spiro atoms. The van der Waals surface area contributed by atoms with Crippen LogP contribution in [0.2, 0.25) is 0 Å². The van der Waals surface area contributed by atoms with Gasteiger partial charge in [0.05, 0.1) is 11.0 Å². The fraction of sp³-hybridized carbons (Fsp3) is 0. The molecule has 4 aromatic heterocycles. The topological polar surface area (TPSA) is 56.5 Å². The molecule has 9 rings (SSSR count). The number of hydrogen-bond acceptors (Lipinski definition) is 5. The molecule has 4 heterocycles. The summed E-state index contributed by atoms with van der Waals surface area (Å²) in [5.74, 6) is 1.36. The van der Waals surface area contributed by atoms with Crippen LogP contribution in [0.5, 0.6) is 0 Å². The monoisotopic (exact) mass is 529 g/mol. The van der Waals surface area contributed by atoms with Crippen LogP contribution in [0.3, 0.4) is 0 Å². The van der Waals surface area contributed by atoms with Gasteiger partial charge < -0.3 is 0 Å². The molecule has 0 N–H and O–H groups in total. The van der Waals surface area contributed by atoms with Crippen molar-refractivity contribution < 1.29 is 0 Å². The van der Waals surface area contributed by atoms with Crippen molar-refractivity contribution in [3.63, 3.8) is 0 Å². The maximum Gasteiger partial charge on any atom is 0.184 e. The predicted molar refractivity (Wildman–Crippen MR) is 165 cm³/mol. The van der Waals surface area contributed by atoms with Gasteiger partial charge in [0.25, 0.3) is 0 Å². The van der Waals surface area contributed by atoms with E-state index in [1.807, 2.05) is 0 Å². The molecule has 0 atom stereocenters. The molecule has 6 heteroatoms. The highest BCUT2D eigenvalue weighted by Gasteiger charge is 2.19. The van der Waals surface area contributed by atoms with Crippen molar-refractivity contribution in [1.82, 2.24) is 24.5 Å². The van der Waals surface area contributed by atoms with E-state index in [-0.39, 0.29) is 0 Å². The first-order chi connectivity index (χ1) is 19.8. The number of thiophene rings is 1. The lowest BCUT2D eigenvalue weighted by Gasteiger charge is -2.11. The highest BCUT2D eigenvalue weighted by molar-refractivity contribution is 7.25. The Labute approximate surface area is 232 Å². The molecule has 0 fully saturated rings. The van der Waals surface area contributed by atoms with Crippen LogP contribution in [0, 0.1) is 0 Å². The molecule has 0 aliphatic heterocycles. The fourth-order valence-corrected chi connectivity index (χ4v) is 7.03. The van der Waals surface area contributed by atoms with Crippen molar-refractivity contribution in [3.05, 3.63) is 116 Å². The van der Waals surface area contributed by atoms with Crippen LogP contribution in [0.4, 0.5) is 0 Å². The second-order valence-electron chi connectivity index (χ2n) is 9.98. The average Bonchev–Trinajstić information content (AvgIpc) is 3.54. The minimum Gasteiger partial charge on any atom is -0.292 e. The van der Waals surface area contributed by atoms with Gasteiger partial charge in [0, 0.05) is 48.9 Å². The first-order valence-corrected chi connectivity index (χ1v) is 14.0. The number of para-hydroxylation sites is 1. The largest absolute Gasteiger partial charge is 0.292 e. The van der Waals surface area contributed by atoms with Crippen LogP contribution in [0.1, 0.15) is 0 Å². The Hall–Kier alpha value is -5.20. The average molecular weight is 530 g/mol. The van der Waals surface area contributed by atoms with Gasteiger partial charge in [0.15, 0.2) is 22.8 Å². The van der Waals surface area contributed by atoms with E-state index in [4.69, 9.17) is 15.0 Å². The molecule has 0 saturated heterocycles. The molecule has 9 aromatic rings. The molecule has 40 heavy (non-hydrogen) atoms. The van der Waals surface area contributed by atoms with Crippen molar-refractivity contribution in [1.29, 1.82) is 0 Å². The zero-order chi connectivity index (χ0) is 26.2. The van der Waals surface area contributed by atoms with Crippen LogP contribution >= 0.6 is 11.3 Å². The molecule has 0 aliphatic rings. The van der Waals surface area contributed by atoms with Crippen LogP contribution in [-0.4, -0.2) is 24.5 Å². The minimum atomic E-state index is 0.575. The van der Waals surface area contributed by atoms with Gasteiger partial charge in [0.2, 0.25) is 0 Å². The van der Waals surface area contributed by atoms with Gasteiger partial charge >= 0.3 is 0 Å². The summed E-state index contributed by atoms with van der Waals surface area (Å²) in [6.07, 6.45) is 3.40. The van der Waals surface area contributed by atoms with Crippen LogP contribution < -0.4 is 0 Å². The Kier molecular flexibility index (Phi) is 4.42. The quantitative estimate of drug-likeness (QED) is 0.225. The van der Waals surface area contributed by atoms with E-state index in [0.717, 1.165) is 22.4 Å². The van der Waals surface area contributed by atoms with Crippen LogP contribution in [-0.2, 0) is 0 Å². The van der Waals surface area contributed by atoms with Gasteiger partial charge in [0.1, 0.15) is 0 Å². The summed E-state index contributed by atoms with van der Waals surface area (Å²) in [5, 5.41) is 7.27. The smallest absolute Gasteiger partial charge is 0.184 e. The first-order valence-electron chi connectivity index (χ1n) is 13.1. The Morgan fingerprint density at radius 3 is 2.23 bits per heavy atom. The lowest BCUT2D eigenvalue weighted by Crippen LogP contribution is -2.04. The van der Waals surface area contributed by atoms with E-state index in [2.05, 4.69) is 113 Å². The SMILES string of the molecule is c1ccc2cc3c(cc2c1)c1ccccc1n3-c1nc(-c2ccc3c(c2)sc2ccccc23)nc2nccnc12. The number of rotatable bonds is 2. The van der Waals surface area contributed by atoms with Gasteiger partial charge in [-0.15, -0.1) is 11.3 Å². The van der Waals surface area contributed by atoms with Crippen molar-refractivity contribution in [2.75, 3.05) is 0 Å². The van der Waals surface area contributed by atoms with E-state index >= 15 is 0 Å². The van der Waals surface area contributed by atoms with Crippen molar-refractivity contribution in [3.8, 4) is 17.2 Å². The molecule has 0 unspecified atom stereocenters. The van der Waals surface area contributed by atoms with E-state index in [9.17, 15) is 0 Å². The summed E-state index contributed by atoms with van der Waals surface area (Å²) in [5.41, 5.74) is 4.36. The number of hydrogen-bond donors (Lipinski definition) is 0. The summed E-state index contributed by atoms with van der Waals surface area (Å²) in [7, 11) is 0. The number of aromatic nitrogens is 5. The third-order valence-electron chi connectivity index (χ3n) is 7.70. The van der Waals surface area contributed by atoms with Crippen LogP contribution in [0.25, 0.3) is 81.1 Å². The third kappa shape index (κ3) is 3.08. The van der Waals surface area contributed by atoms with Crippen molar-refractivity contribution in [2.24, 2.45) is 0 Å². The van der Waals surface area contributed by atoms with E-state index in [1.54, 1.807) is 23.7 Å². The maximum absolute atomic E-state index is 5.21. The van der Waals surface area contributed by atoms with Gasteiger partial charge in [-0.3, -0.25) is 4.57 Å². The Morgan fingerprint density at radius 2 is 1.30 bits per heavy atom. The number of fused-ring (bicyclic) bond motifs is 8. The zero-order valence-corrected chi connectivity index (χ0v) is 21.9. The third-order valence-corrected chi connectivity index (χ3v) is 8.84. The molecule has 186 valence electrons. The molecule has 0 radical (unpaired) electrons. The molecule has 0 saturated carbocycles. The van der Waals surface area contributed by atoms with E-state index in [1.165, 1.54) is 41.7 Å². The predicted octanol–water partition coefficient (Wildman–Crippen LogP) is 8.71. The van der Waals surface area contributed by atoms with Gasteiger partial charge in [-0.25, -0.2) is 19.9 Å². The van der Waals surface area contributed by atoms with Crippen molar-refractivity contribution in [2.45, 2.75) is 0 Å². The molecule has 0 aliphatic carbocycles. The maximum atomic E-state index is 5.21. The van der Waals surface area contributed by atoms with Crippen LogP contribution in [0.15, 0.2) is 116 Å². The summed E-state index contributed by atoms with van der Waals surface area (Å²) < 4.78 is 4.71. The fourth-order valence-electron chi connectivity index (χ4n) is 5.88. The van der Waals surface area contributed by atoms with E-state index < -0.39 is 0 Å². The molecule has 0 amide bonds. The summed E-state index contributed by atoms with van der Waals surface area (Å²) >= 11 is 1.79. The molecule has 0 bridgehead atoms. The van der Waals surface area contributed by atoms with Gasteiger partial charge in [-0.2, -0.15) is 0 Å². The second-order valence-corrected chi connectivity index (χ2v) is 11.1. The second kappa shape index (κ2) is 8.15. The summed E-state index contributed by atoms with van der Waals surface area (Å²) in [6.45, 7) is 0. The highest BCUT2D eigenvalue weighted by atomic mass is 32.1. The molecular weight excluding hydrogens is 510 g/mol. The van der Waals surface area contributed by atoms with Gasteiger partial charge in [-0.1, -0.05) is 72.8 Å². The zero-order valence-electron chi connectivity index (χ0n) is 21.1.